The quantitative estimate of drug-likeness (QED) is 0.870. The third-order valence-corrected chi connectivity index (χ3v) is 4.82. The fourth-order valence-electron chi connectivity index (χ4n) is 2.55. The Bertz CT molecular complexity index is 416. The molecular formula is C15H24N2OS. The molecule has 0 aliphatic carbocycles. The molecule has 1 fully saturated rings. The standard InChI is InChI=1S/C15H24N2OS/c1-11-10-16-9-8-14(11)17-15(18)5-3-4-13-7-6-12(2)19-13/h6-7,11,14,16H,3-5,8-10H2,1-2H3,(H,17,18). The highest BCUT2D eigenvalue weighted by atomic mass is 32.1. The maximum atomic E-state index is 11.9. The van der Waals surface area contributed by atoms with Crippen LogP contribution in [0.1, 0.15) is 35.9 Å². The van der Waals surface area contributed by atoms with Gasteiger partial charge in [0.25, 0.3) is 0 Å². The zero-order valence-corrected chi connectivity index (χ0v) is 12.7. The molecule has 2 unspecified atom stereocenters. The Balaban J connectivity index is 1.66. The first-order chi connectivity index (χ1) is 9.15. The molecule has 106 valence electrons. The SMILES string of the molecule is Cc1ccc(CCCC(=O)NC2CCNCC2C)s1. The van der Waals surface area contributed by atoms with Crippen LogP contribution in [0.3, 0.4) is 0 Å². The van der Waals surface area contributed by atoms with E-state index in [1.807, 2.05) is 11.3 Å². The highest BCUT2D eigenvalue weighted by Gasteiger charge is 2.22. The van der Waals surface area contributed by atoms with E-state index in [0.29, 0.717) is 18.4 Å². The average Bonchev–Trinajstić information content (AvgIpc) is 2.78. The lowest BCUT2D eigenvalue weighted by atomic mass is 9.95. The van der Waals surface area contributed by atoms with Crippen LogP contribution in [0.25, 0.3) is 0 Å². The zero-order chi connectivity index (χ0) is 13.7. The molecule has 0 spiro atoms. The van der Waals surface area contributed by atoms with Crippen LogP contribution in [-0.4, -0.2) is 25.0 Å². The van der Waals surface area contributed by atoms with Crippen molar-refractivity contribution < 1.29 is 4.79 Å². The molecule has 2 atom stereocenters. The van der Waals surface area contributed by atoms with Crippen molar-refractivity contribution in [2.45, 2.75) is 45.6 Å². The lowest BCUT2D eigenvalue weighted by molar-refractivity contribution is -0.122. The molecule has 1 aromatic rings. The van der Waals surface area contributed by atoms with Gasteiger partial charge < -0.3 is 10.6 Å². The Morgan fingerprint density at radius 1 is 1.53 bits per heavy atom. The molecule has 2 N–H and O–H groups in total. The van der Waals surface area contributed by atoms with Crippen LogP contribution in [0.2, 0.25) is 0 Å². The van der Waals surface area contributed by atoms with E-state index in [4.69, 9.17) is 0 Å². The Hall–Kier alpha value is -0.870. The van der Waals surface area contributed by atoms with Crippen molar-refractivity contribution in [2.24, 2.45) is 5.92 Å². The number of thiophene rings is 1. The number of aryl methyl sites for hydroxylation is 2. The number of nitrogens with one attached hydrogen (secondary N) is 2. The minimum absolute atomic E-state index is 0.215. The second-order valence-corrected chi connectivity index (χ2v) is 6.88. The number of rotatable bonds is 5. The van der Waals surface area contributed by atoms with E-state index in [1.165, 1.54) is 9.75 Å². The first kappa shape index (κ1) is 14.5. The fourth-order valence-corrected chi connectivity index (χ4v) is 3.48. The predicted octanol–water partition coefficient (Wildman–Crippen LogP) is 2.49. The highest BCUT2D eigenvalue weighted by Crippen LogP contribution is 2.17. The van der Waals surface area contributed by atoms with Gasteiger partial charge in [0.2, 0.25) is 5.91 Å². The Kier molecular flexibility index (Phi) is 5.40. The van der Waals surface area contributed by atoms with Gasteiger partial charge in [-0.1, -0.05) is 6.92 Å². The van der Waals surface area contributed by atoms with E-state index in [2.05, 4.69) is 36.6 Å². The lowest BCUT2D eigenvalue weighted by Crippen LogP contribution is -2.48. The molecule has 1 aromatic heterocycles. The van der Waals surface area contributed by atoms with E-state index in [-0.39, 0.29) is 5.91 Å². The Morgan fingerprint density at radius 2 is 2.37 bits per heavy atom. The summed E-state index contributed by atoms with van der Waals surface area (Å²) in [5, 5.41) is 6.54. The zero-order valence-electron chi connectivity index (χ0n) is 11.9. The highest BCUT2D eigenvalue weighted by molar-refractivity contribution is 7.11. The minimum Gasteiger partial charge on any atom is -0.353 e. The number of amides is 1. The van der Waals surface area contributed by atoms with Gasteiger partial charge >= 0.3 is 0 Å². The van der Waals surface area contributed by atoms with E-state index in [9.17, 15) is 4.79 Å². The van der Waals surface area contributed by atoms with Gasteiger partial charge in [-0.15, -0.1) is 11.3 Å². The topological polar surface area (TPSA) is 41.1 Å². The third kappa shape index (κ3) is 4.62. The van der Waals surface area contributed by atoms with Crippen LogP contribution in [-0.2, 0) is 11.2 Å². The van der Waals surface area contributed by atoms with Crippen LogP contribution in [0, 0.1) is 12.8 Å². The Morgan fingerprint density at radius 3 is 3.05 bits per heavy atom. The second kappa shape index (κ2) is 7.06. The van der Waals surface area contributed by atoms with Crippen molar-refractivity contribution in [2.75, 3.05) is 13.1 Å². The number of piperidine rings is 1. The molecule has 0 aromatic carbocycles. The first-order valence-electron chi connectivity index (χ1n) is 7.20. The van der Waals surface area contributed by atoms with Gasteiger partial charge in [-0.3, -0.25) is 4.79 Å². The average molecular weight is 280 g/mol. The minimum atomic E-state index is 0.215. The summed E-state index contributed by atoms with van der Waals surface area (Å²) in [6.45, 7) is 6.36. The van der Waals surface area contributed by atoms with E-state index in [0.717, 1.165) is 32.4 Å². The summed E-state index contributed by atoms with van der Waals surface area (Å²) in [7, 11) is 0. The maximum Gasteiger partial charge on any atom is 0.220 e. The maximum absolute atomic E-state index is 11.9. The van der Waals surface area contributed by atoms with Crippen LogP contribution in [0.15, 0.2) is 12.1 Å². The van der Waals surface area contributed by atoms with Crippen LogP contribution in [0.5, 0.6) is 0 Å². The molecular weight excluding hydrogens is 256 g/mol. The van der Waals surface area contributed by atoms with Crippen molar-refractivity contribution in [1.82, 2.24) is 10.6 Å². The molecule has 2 rings (SSSR count). The molecule has 0 radical (unpaired) electrons. The summed E-state index contributed by atoms with van der Waals surface area (Å²) >= 11 is 1.84. The summed E-state index contributed by atoms with van der Waals surface area (Å²) in [4.78, 5) is 14.7. The van der Waals surface area contributed by atoms with Crippen molar-refractivity contribution >= 4 is 17.2 Å². The monoisotopic (exact) mass is 280 g/mol. The first-order valence-corrected chi connectivity index (χ1v) is 8.02. The van der Waals surface area contributed by atoms with Crippen LogP contribution >= 0.6 is 11.3 Å². The van der Waals surface area contributed by atoms with Crippen LogP contribution < -0.4 is 10.6 Å². The summed E-state index contributed by atoms with van der Waals surface area (Å²) in [6, 6.07) is 4.68. The van der Waals surface area contributed by atoms with Crippen molar-refractivity contribution in [3.05, 3.63) is 21.9 Å². The van der Waals surface area contributed by atoms with E-state index >= 15 is 0 Å². The molecule has 1 saturated heterocycles. The van der Waals surface area contributed by atoms with E-state index < -0.39 is 0 Å². The predicted molar refractivity (Wildman–Crippen MR) is 80.6 cm³/mol. The summed E-state index contributed by atoms with van der Waals surface area (Å²) < 4.78 is 0. The third-order valence-electron chi connectivity index (χ3n) is 3.75. The smallest absolute Gasteiger partial charge is 0.220 e. The van der Waals surface area contributed by atoms with Gasteiger partial charge in [-0.05, 0) is 57.3 Å². The number of hydrogen-bond donors (Lipinski definition) is 2. The van der Waals surface area contributed by atoms with E-state index in [1.54, 1.807) is 0 Å². The second-order valence-electron chi connectivity index (χ2n) is 5.51. The lowest BCUT2D eigenvalue weighted by Gasteiger charge is -2.30. The normalized spacial score (nSPS) is 23.3. The van der Waals surface area contributed by atoms with Crippen molar-refractivity contribution in [1.29, 1.82) is 0 Å². The molecule has 0 saturated carbocycles. The molecule has 4 heteroatoms. The van der Waals surface area contributed by atoms with Crippen molar-refractivity contribution in [3.8, 4) is 0 Å². The van der Waals surface area contributed by atoms with Gasteiger partial charge in [-0.2, -0.15) is 0 Å². The van der Waals surface area contributed by atoms with Gasteiger partial charge in [0, 0.05) is 22.2 Å². The molecule has 1 aliphatic heterocycles. The number of carbonyl (C=O) groups excluding carboxylic acids is 1. The summed E-state index contributed by atoms with van der Waals surface area (Å²) in [5.41, 5.74) is 0. The van der Waals surface area contributed by atoms with Gasteiger partial charge in [-0.25, -0.2) is 0 Å². The number of hydrogen-bond acceptors (Lipinski definition) is 3. The van der Waals surface area contributed by atoms with Gasteiger partial charge in [0.1, 0.15) is 0 Å². The molecule has 1 amide bonds. The van der Waals surface area contributed by atoms with Gasteiger partial charge in [0.15, 0.2) is 0 Å². The molecule has 19 heavy (non-hydrogen) atoms. The van der Waals surface area contributed by atoms with Crippen LogP contribution in [0.4, 0.5) is 0 Å². The molecule has 3 nitrogen and oxygen atoms in total. The molecule has 2 heterocycles. The van der Waals surface area contributed by atoms with Crippen molar-refractivity contribution in [3.63, 3.8) is 0 Å². The Labute approximate surface area is 119 Å². The largest absolute Gasteiger partial charge is 0.353 e. The van der Waals surface area contributed by atoms with Gasteiger partial charge in [0.05, 0.1) is 0 Å². The molecule has 0 bridgehead atoms. The summed E-state index contributed by atoms with van der Waals surface area (Å²) in [5.74, 6) is 0.754. The summed E-state index contributed by atoms with van der Waals surface area (Å²) in [6.07, 6.45) is 3.67. The molecule has 1 aliphatic rings. The fraction of sp³-hybridized carbons (Fsp3) is 0.667. The number of carbonyl (C=O) groups is 1.